The molecule has 2 aliphatic rings. The Hall–Kier alpha value is -2.03. The molecule has 0 radical (unpaired) electrons. The monoisotopic (exact) mass is 283 g/mol. The number of hydrogen-bond donors (Lipinski definition) is 1. The van der Waals surface area contributed by atoms with Gasteiger partial charge in [-0.3, -0.25) is 4.79 Å². The first kappa shape index (κ1) is 13.9. The Kier molecular flexibility index (Phi) is 3.82. The summed E-state index contributed by atoms with van der Waals surface area (Å²) in [4.78, 5) is 12.5. The van der Waals surface area contributed by atoms with Crippen molar-refractivity contribution >= 4 is 5.91 Å². The lowest BCUT2D eigenvalue weighted by molar-refractivity contribution is -0.130. The topological polar surface area (TPSA) is 38.3 Å². The van der Waals surface area contributed by atoms with Crippen LogP contribution in [0.2, 0.25) is 0 Å². The molecule has 0 spiro atoms. The molecule has 1 N–H and O–H groups in total. The Balaban J connectivity index is 1.69. The zero-order valence-electron chi connectivity index (χ0n) is 12.3. The fourth-order valence-corrected chi connectivity index (χ4v) is 2.94. The van der Waals surface area contributed by atoms with E-state index >= 15 is 0 Å². The minimum Gasteiger partial charge on any atom is -0.480 e. The molecular weight excluding hydrogens is 262 g/mol. The molecule has 1 unspecified atom stereocenters. The van der Waals surface area contributed by atoms with Gasteiger partial charge in [0, 0.05) is 0 Å². The molecule has 0 saturated heterocycles. The SMILES string of the molecule is CC[C@@]1(NC(=O)C2CCc3ccccc3O2)C=CC=CC1. The summed E-state index contributed by atoms with van der Waals surface area (Å²) in [5.74, 6) is 0.833. The van der Waals surface area contributed by atoms with E-state index in [0.29, 0.717) is 0 Å². The Morgan fingerprint density at radius 3 is 3.00 bits per heavy atom. The van der Waals surface area contributed by atoms with Crippen LogP contribution in [0, 0.1) is 0 Å². The third kappa shape index (κ3) is 2.87. The molecular formula is C18H21NO2. The van der Waals surface area contributed by atoms with Gasteiger partial charge in [-0.2, -0.15) is 0 Å². The summed E-state index contributed by atoms with van der Waals surface area (Å²) in [6.45, 7) is 2.10. The van der Waals surface area contributed by atoms with Gasteiger partial charge in [-0.05, 0) is 37.3 Å². The van der Waals surface area contributed by atoms with E-state index in [1.54, 1.807) is 0 Å². The lowest BCUT2D eigenvalue weighted by Gasteiger charge is -2.34. The summed E-state index contributed by atoms with van der Waals surface area (Å²) in [5.41, 5.74) is 0.929. The molecule has 1 aromatic carbocycles. The molecule has 1 heterocycles. The zero-order chi connectivity index (χ0) is 14.7. The van der Waals surface area contributed by atoms with Crippen molar-refractivity contribution in [2.75, 3.05) is 0 Å². The quantitative estimate of drug-likeness (QED) is 0.925. The van der Waals surface area contributed by atoms with Gasteiger partial charge in [-0.15, -0.1) is 0 Å². The molecule has 2 atom stereocenters. The number of allylic oxidation sites excluding steroid dienone is 2. The number of carbonyl (C=O) groups excluding carboxylic acids is 1. The molecule has 3 rings (SSSR count). The second-order valence-electron chi connectivity index (χ2n) is 5.74. The van der Waals surface area contributed by atoms with Gasteiger partial charge in [-0.1, -0.05) is 49.4 Å². The third-order valence-electron chi connectivity index (χ3n) is 4.36. The number of fused-ring (bicyclic) bond motifs is 1. The van der Waals surface area contributed by atoms with Gasteiger partial charge in [0.25, 0.3) is 5.91 Å². The van der Waals surface area contributed by atoms with Crippen molar-refractivity contribution in [3.63, 3.8) is 0 Å². The highest BCUT2D eigenvalue weighted by atomic mass is 16.5. The molecule has 1 aliphatic carbocycles. The van der Waals surface area contributed by atoms with Crippen molar-refractivity contribution in [1.82, 2.24) is 5.32 Å². The van der Waals surface area contributed by atoms with Crippen molar-refractivity contribution < 1.29 is 9.53 Å². The van der Waals surface area contributed by atoms with E-state index in [1.807, 2.05) is 30.4 Å². The highest BCUT2D eigenvalue weighted by Gasteiger charge is 2.32. The van der Waals surface area contributed by atoms with E-state index in [9.17, 15) is 4.79 Å². The van der Waals surface area contributed by atoms with Gasteiger partial charge in [0.05, 0.1) is 5.54 Å². The first-order chi connectivity index (χ1) is 10.2. The summed E-state index contributed by atoms with van der Waals surface area (Å²) >= 11 is 0. The maximum absolute atomic E-state index is 12.5. The Labute approximate surface area is 125 Å². The fourth-order valence-electron chi connectivity index (χ4n) is 2.94. The predicted octanol–water partition coefficient (Wildman–Crippen LogP) is 3.16. The summed E-state index contributed by atoms with van der Waals surface area (Å²) in [7, 11) is 0. The predicted molar refractivity (Wildman–Crippen MR) is 83.2 cm³/mol. The largest absolute Gasteiger partial charge is 0.480 e. The number of aryl methyl sites for hydroxylation is 1. The van der Waals surface area contributed by atoms with Crippen molar-refractivity contribution in [2.45, 2.75) is 44.2 Å². The first-order valence-corrected chi connectivity index (χ1v) is 7.63. The van der Waals surface area contributed by atoms with Crippen LogP contribution in [-0.4, -0.2) is 17.6 Å². The normalized spacial score (nSPS) is 26.8. The molecule has 0 saturated carbocycles. The summed E-state index contributed by atoms with van der Waals surface area (Å²) in [5, 5.41) is 3.18. The molecule has 3 heteroatoms. The smallest absolute Gasteiger partial charge is 0.261 e. The van der Waals surface area contributed by atoms with E-state index in [1.165, 1.54) is 5.56 Å². The molecule has 1 aromatic rings. The molecule has 0 bridgehead atoms. The maximum Gasteiger partial charge on any atom is 0.261 e. The van der Waals surface area contributed by atoms with Crippen LogP contribution in [-0.2, 0) is 11.2 Å². The van der Waals surface area contributed by atoms with Crippen molar-refractivity contribution in [3.8, 4) is 5.75 Å². The van der Waals surface area contributed by atoms with Crippen LogP contribution in [0.5, 0.6) is 5.75 Å². The zero-order valence-corrected chi connectivity index (χ0v) is 12.3. The molecule has 1 amide bonds. The molecule has 0 aromatic heterocycles. The van der Waals surface area contributed by atoms with Crippen LogP contribution >= 0.6 is 0 Å². The van der Waals surface area contributed by atoms with Gasteiger partial charge in [0.2, 0.25) is 0 Å². The van der Waals surface area contributed by atoms with Crippen molar-refractivity contribution in [1.29, 1.82) is 0 Å². The van der Waals surface area contributed by atoms with Gasteiger partial charge >= 0.3 is 0 Å². The maximum atomic E-state index is 12.5. The average Bonchev–Trinajstić information content (AvgIpc) is 2.55. The Morgan fingerprint density at radius 1 is 1.38 bits per heavy atom. The number of amides is 1. The van der Waals surface area contributed by atoms with Gasteiger partial charge in [-0.25, -0.2) is 0 Å². The van der Waals surface area contributed by atoms with Gasteiger partial charge in [0.1, 0.15) is 5.75 Å². The standard InChI is InChI=1S/C18H21NO2/c1-2-18(12-6-3-7-13-18)19-17(20)16-11-10-14-8-4-5-9-15(14)21-16/h3-9,12,16H,2,10-11,13H2,1H3,(H,19,20)/t16?,18-/m1/s1. The van der Waals surface area contributed by atoms with Gasteiger partial charge in [0.15, 0.2) is 6.10 Å². The fraction of sp³-hybridized carbons (Fsp3) is 0.389. The summed E-state index contributed by atoms with van der Waals surface area (Å²) < 4.78 is 5.87. The van der Waals surface area contributed by atoms with Crippen LogP contribution in [0.1, 0.15) is 31.7 Å². The van der Waals surface area contributed by atoms with E-state index in [2.05, 4.69) is 30.5 Å². The first-order valence-electron chi connectivity index (χ1n) is 7.63. The second kappa shape index (κ2) is 5.76. The Bertz CT molecular complexity index is 591. The number of ether oxygens (including phenoxy) is 1. The average molecular weight is 283 g/mol. The molecule has 3 nitrogen and oxygen atoms in total. The number of carbonyl (C=O) groups is 1. The van der Waals surface area contributed by atoms with E-state index in [-0.39, 0.29) is 17.6 Å². The van der Waals surface area contributed by atoms with E-state index in [4.69, 9.17) is 4.74 Å². The number of hydrogen-bond acceptors (Lipinski definition) is 2. The van der Waals surface area contributed by atoms with Crippen molar-refractivity contribution in [3.05, 3.63) is 54.1 Å². The highest BCUT2D eigenvalue weighted by molar-refractivity contribution is 5.82. The van der Waals surface area contributed by atoms with Crippen LogP contribution in [0.3, 0.4) is 0 Å². The van der Waals surface area contributed by atoms with Crippen LogP contribution < -0.4 is 10.1 Å². The van der Waals surface area contributed by atoms with Crippen LogP contribution in [0.15, 0.2) is 48.6 Å². The number of rotatable bonds is 3. The molecule has 1 aliphatic heterocycles. The molecule has 21 heavy (non-hydrogen) atoms. The lowest BCUT2D eigenvalue weighted by atomic mass is 9.88. The van der Waals surface area contributed by atoms with E-state index < -0.39 is 0 Å². The Morgan fingerprint density at radius 2 is 2.24 bits per heavy atom. The van der Waals surface area contributed by atoms with Crippen LogP contribution in [0.25, 0.3) is 0 Å². The molecule has 0 fully saturated rings. The van der Waals surface area contributed by atoms with E-state index in [0.717, 1.165) is 31.4 Å². The second-order valence-corrected chi connectivity index (χ2v) is 5.74. The summed E-state index contributed by atoms with van der Waals surface area (Å²) in [6.07, 6.45) is 11.2. The highest BCUT2D eigenvalue weighted by Crippen LogP contribution is 2.28. The lowest BCUT2D eigenvalue weighted by Crippen LogP contribution is -2.52. The van der Waals surface area contributed by atoms with Crippen LogP contribution in [0.4, 0.5) is 0 Å². The number of benzene rings is 1. The number of para-hydroxylation sites is 1. The third-order valence-corrected chi connectivity index (χ3v) is 4.36. The minimum absolute atomic E-state index is 0.00805. The number of nitrogens with one attached hydrogen (secondary N) is 1. The van der Waals surface area contributed by atoms with Crippen molar-refractivity contribution in [2.24, 2.45) is 0 Å². The molecule has 110 valence electrons. The van der Waals surface area contributed by atoms with Gasteiger partial charge < -0.3 is 10.1 Å². The summed E-state index contributed by atoms with van der Waals surface area (Å²) in [6, 6.07) is 7.95. The minimum atomic E-state index is -0.386.